The van der Waals surface area contributed by atoms with Crippen LogP contribution in [0.4, 0.5) is 0 Å². The lowest BCUT2D eigenvalue weighted by Crippen LogP contribution is -2.19. The number of hydrogen-bond donors (Lipinski definition) is 1. The molecule has 0 aliphatic heterocycles. The van der Waals surface area contributed by atoms with Crippen molar-refractivity contribution in [3.05, 3.63) is 48.8 Å². The molecule has 0 aliphatic carbocycles. The number of unbranched alkanes of at least 4 members (excludes halogenated alkanes) is 1. The van der Waals surface area contributed by atoms with Gasteiger partial charge in [-0.25, -0.2) is 0 Å². The number of pyridine rings is 1. The number of nitrogens with zero attached hydrogens (tertiary/aromatic N) is 1. The van der Waals surface area contributed by atoms with Gasteiger partial charge in [-0.1, -0.05) is 31.5 Å². The highest BCUT2D eigenvalue weighted by Crippen LogP contribution is 2.20. The van der Waals surface area contributed by atoms with E-state index in [1.165, 1.54) is 0 Å². The number of nitrogens with one attached hydrogen (secondary N) is 1. The zero-order chi connectivity index (χ0) is 12.6. The molecule has 1 aromatic heterocycles. The lowest BCUT2D eigenvalue weighted by atomic mass is 10.1. The molecule has 2 rings (SSSR count). The Hall–Kier alpha value is -1.87. The van der Waals surface area contributed by atoms with Gasteiger partial charge in [-0.2, -0.15) is 5.48 Å². The first-order valence-corrected chi connectivity index (χ1v) is 6.30. The Labute approximate surface area is 108 Å². The molecule has 0 atom stereocenters. The van der Waals surface area contributed by atoms with Crippen molar-refractivity contribution >= 4 is 0 Å². The molecule has 0 radical (unpaired) electrons. The van der Waals surface area contributed by atoms with E-state index in [1.807, 2.05) is 42.6 Å². The van der Waals surface area contributed by atoms with Crippen LogP contribution in [0.5, 0.6) is 5.75 Å². The highest BCUT2D eigenvalue weighted by Gasteiger charge is 1.98. The van der Waals surface area contributed by atoms with E-state index in [2.05, 4.69) is 17.4 Å². The predicted molar refractivity (Wildman–Crippen MR) is 73.2 cm³/mol. The third-order valence-corrected chi connectivity index (χ3v) is 2.67. The molecule has 0 bridgehead atoms. The number of hydrogen-bond acceptors (Lipinski definition) is 3. The van der Waals surface area contributed by atoms with Gasteiger partial charge in [0.05, 0.1) is 0 Å². The molecule has 1 aromatic carbocycles. The zero-order valence-electron chi connectivity index (χ0n) is 10.6. The molecule has 0 aliphatic rings. The van der Waals surface area contributed by atoms with Crippen molar-refractivity contribution in [2.45, 2.75) is 19.8 Å². The molecule has 0 fully saturated rings. The molecule has 3 heteroatoms. The molecular weight excluding hydrogens is 224 g/mol. The highest BCUT2D eigenvalue weighted by atomic mass is 16.6. The van der Waals surface area contributed by atoms with E-state index in [9.17, 15) is 0 Å². The summed E-state index contributed by atoms with van der Waals surface area (Å²) in [5, 5.41) is 0. The molecule has 18 heavy (non-hydrogen) atoms. The normalized spacial score (nSPS) is 10.3. The SMILES string of the molecule is CCCCNOc1ccc(-c2cccnc2)cc1. The monoisotopic (exact) mass is 242 g/mol. The Morgan fingerprint density at radius 3 is 2.61 bits per heavy atom. The second kappa shape index (κ2) is 6.77. The molecule has 0 saturated heterocycles. The quantitative estimate of drug-likeness (QED) is 0.622. The number of rotatable bonds is 6. The van der Waals surface area contributed by atoms with Gasteiger partial charge < -0.3 is 4.84 Å². The summed E-state index contributed by atoms with van der Waals surface area (Å²) >= 11 is 0. The van der Waals surface area contributed by atoms with Gasteiger partial charge in [0.1, 0.15) is 5.75 Å². The Morgan fingerprint density at radius 1 is 1.11 bits per heavy atom. The summed E-state index contributed by atoms with van der Waals surface area (Å²) in [4.78, 5) is 9.54. The topological polar surface area (TPSA) is 34.1 Å². The third kappa shape index (κ3) is 3.57. The molecule has 0 saturated carbocycles. The zero-order valence-corrected chi connectivity index (χ0v) is 10.6. The Bertz CT molecular complexity index is 454. The average molecular weight is 242 g/mol. The van der Waals surface area contributed by atoms with Gasteiger partial charge in [0, 0.05) is 18.9 Å². The molecule has 2 aromatic rings. The molecule has 0 spiro atoms. The second-order valence-corrected chi connectivity index (χ2v) is 4.12. The van der Waals surface area contributed by atoms with Crippen LogP contribution in [0.2, 0.25) is 0 Å². The lowest BCUT2D eigenvalue weighted by molar-refractivity contribution is 0.194. The summed E-state index contributed by atoms with van der Waals surface area (Å²) < 4.78 is 0. The maximum atomic E-state index is 5.43. The summed E-state index contributed by atoms with van der Waals surface area (Å²) in [5.41, 5.74) is 5.21. The van der Waals surface area contributed by atoms with Gasteiger partial charge in [0.25, 0.3) is 0 Å². The van der Waals surface area contributed by atoms with E-state index in [1.54, 1.807) is 6.20 Å². The van der Waals surface area contributed by atoms with E-state index < -0.39 is 0 Å². The number of aromatic nitrogens is 1. The van der Waals surface area contributed by atoms with Gasteiger partial charge in [-0.15, -0.1) is 0 Å². The largest absolute Gasteiger partial charge is 0.409 e. The van der Waals surface area contributed by atoms with Crippen molar-refractivity contribution in [2.24, 2.45) is 0 Å². The predicted octanol–water partition coefficient (Wildman–Crippen LogP) is 3.43. The Balaban J connectivity index is 1.94. The summed E-state index contributed by atoms with van der Waals surface area (Å²) in [6, 6.07) is 12.0. The van der Waals surface area contributed by atoms with Crippen LogP contribution in [0, 0.1) is 0 Å². The van der Waals surface area contributed by atoms with Gasteiger partial charge in [-0.3, -0.25) is 4.98 Å². The van der Waals surface area contributed by atoms with Crippen LogP contribution in [0.15, 0.2) is 48.8 Å². The minimum atomic E-state index is 0.832. The fraction of sp³-hybridized carbons (Fsp3) is 0.267. The van der Waals surface area contributed by atoms with Crippen LogP contribution in [-0.4, -0.2) is 11.5 Å². The van der Waals surface area contributed by atoms with E-state index in [-0.39, 0.29) is 0 Å². The minimum Gasteiger partial charge on any atom is -0.409 e. The summed E-state index contributed by atoms with van der Waals surface area (Å²) in [6.45, 7) is 3.03. The Morgan fingerprint density at radius 2 is 1.94 bits per heavy atom. The lowest BCUT2D eigenvalue weighted by Gasteiger charge is -2.07. The standard InChI is InChI=1S/C15H18N2O/c1-2-3-11-17-18-15-8-6-13(7-9-15)14-5-4-10-16-12-14/h4-10,12,17H,2-3,11H2,1H3. The van der Waals surface area contributed by atoms with Crippen LogP contribution in [0.25, 0.3) is 11.1 Å². The van der Waals surface area contributed by atoms with Crippen LogP contribution >= 0.6 is 0 Å². The van der Waals surface area contributed by atoms with Crippen molar-refractivity contribution in [1.82, 2.24) is 10.5 Å². The van der Waals surface area contributed by atoms with E-state index in [0.29, 0.717) is 0 Å². The first kappa shape index (κ1) is 12.6. The molecule has 3 nitrogen and oxygen atoms in total. The van der Waals surface area contributed by atoms with Gasteiger partial charge in [0.2, 0.25) is 0 Å². The fourth-order valence-electron chi connectivity index (χ4n) is 1.63. The van der Waals surface area contributed by atoms with Gasteiger partial charge >= 0.3 is 0 Å². The van der Waals surface area contributed by atoms with Gasteiger partial charge in [0.15, 0.2) is 0 Å². The van der Waals surface area contributed by atoms with Crippen molar-refractivity contribution in [3.8, 4) is 16.9 Å². The van der Waals surface area contributed by atoms with E-state index >= 15 is 0 Å². The molecule has 0 unspecified atom stereocenters. The molecule has 0 amide bonds. The van der Waals surface area contributed by atoms with E-state index in [4.69, 9.17) is 4.84 Å². The van der Waals surface area contributed by atoms with Crippen molar-refractivity contribution in [3.63, 3.8) is 0 Å². The molecule has 94 valence electrons. The maximum Gasteiger partial charge on any atom is 0.147 e. The summed E-state index contributed by atoms with van der Waals surface area (Å²) in [7, 11) is 0. The van der Waals surface area contributed by atoms with Crippen LogP contribution < -0.4 is 10.3 Å². The van der Waals surface area contributed by atoms with E-state index in [0.717, 1.165) is 36.3 Å². The summed E-state index contributed by atoms with van der Waals surface area (Å²) in [6.07, 6.45) is 5.91. The first-order chi connectivity index (χ1) is 8.90. The molecule has 1 heterocycles. The Kier molecular flexibility index (Phi) is 4.73. The van der Waals surface area contributed by atoms with Crippen LogP contribution in [-0.2, 0) is 0 Å². The molecule has 1 N–H and O–H groups in total. The third-order valence-electron chi connectivity index (χ3n) is 2.67. The van der Waals surface area contributed by atoms with Crippen LogP contribution in [0.1, 0.15) is 19.8 Å². The molecular formula is C15H18N2O. The second-order valence-electron chi connectivity index (χ2n) is 4.12. The minimum absolute atomic E-state index is 0.832. The number of benzene rings is 1. The van der Waals surface area contributed by atoms with Crippen LogP contribution in [0.3, 0.4) is 0 Å². The average Bonchev–Trinajstić information content (AvgIpc) is 2.45. The smallest absolute Gasteiger partial charge is 0.147 e. The van der Waals surface area contributed by atoms with Crippen molar-refractivity contribution in [1.29, 1.82) is 0 Å². The van der Waals surface area contributed by atoms with Crippen molar-refractivity contribution in [2.75, 3.05) is 6.54 Å². The number of hydroxylamine groups is 1. The maximum absolute atomic E-state index is 5.43. The fourth-order valence-corrected chi connectivity index (χ4v) is 1.63. The van der Waals surface area contributed by atoms with Crippen molar-refractivity contribution < 1.29 is 4.84 Å². The summed E-state index contributed by atoms with van der Waals surface area (Å²) in [5.74, 6) is 0.832. The first-order valence-electron chi connectivity index (χ1n) is 6.30. The highest BCUT2D eigenvalue weighted by molar-refractivity contribution is 5.62. The van der Waals surface area contributed by atoms with Gasteiger partial charge in [-0.05, 0) is 35.7 Å².